The lowest BCUT2D eigenvalue weighted by Gasteiger charge is -2.14. The molecule has 2 amide bonds. The molecule has 6 nitrogen and oxygen atoms in total. The van der Waals surface area contributed by atoms with Gasteiger partial charge in [-0.05, 0) is 18.1 Å². The second-order valence-corrected chi connectivity index (χ2v) is 4.14. The average molecular weight is 284 g/mol. The Kier molecular flexibility index (Phi) is 6.45. The van der Waals surface area contributed by atoms with E-state index in [2.05, 4.69) is 10.6 Å². The highest BCUT2D eigenvalue weighted by molar-refractivity contribution is 5.82. The Morgan fingerprint density at radius 1 is 1.30 bits per heavy atom. The highest BCUT2D eigenvalue weighted by atomic mass is 19.1. The van der Waals surface area contributed by atoms with Crippen molar-refractivity contribution in [2.24, 2.45) is 0 Å². The van der Waals surface area contributed by atoms with E-state index in [4.69, 9.17) is 10.2 Å². The van der Waals surface area contributed by atoms with Crippen LogP contribution in [-0.2, 0) is 11.2 Å². The van der Waals surface area contributed by atoms with Crippen molar-refractivity contribution in [2.75, 3.05) is 13.2 Å². The zero-order valence-corrected chi connectivity index (χ0v) is 10.8. The minimum atomic E-state index is -1.22. The lowest BCUT2D eigenvalue weighted by molar-refractivity contribution is -0.139. The number of urea groups is 1. The fourth-order valence-electron chi connectivity index (χ4n) is 1.61. The SMILES string of the molecule is O=C(NCCc1ccccc1F)N[C@H](CCO)C(=O)O. The Balaban J connectivity index is 2.36. The van der Waals surface area contributed by atoms with E-state index in [9.17, 15) is 14.0 Å². The topological polar surface area (TPSA) is 98.7 Å². The van der Waals surface area contributed by atoms with Crippen LogP contribution >= 0.6 is 0 Å². The maximum atomic E-state index is 13.3. The van der Waals surface area contributed by atoms with E-state index in [0.29, 0.717) is 12.0 Å². The summed E-state index contributed by atoms with van der Waals surface area (Å²) in [6.45, 7) is -0.162. The van der Waals surface area contributed by atoms with E-state index in [-0.39, 0.29) is 25.4 Å². The van der Waals surface area contributed by atoms with Gasteiger partial charge in [-0.2, -0.15) is 0 Å². The van der Waals surface area contributed by atoms with E-state index in [1.807, 2.05) is 0 Å². The molecule has 0 aromatic heterocycles. The van der Waals surface area contributed by atoms with Crippen molar-refractivity contribution >= 4 is 12.0 Å². The molecule has 0 spiro atoms. The number of benzene rings is 1. The van der Waals surface area contributed by atoms with Gasteiger partial charge in [0, 0.05) is 19.6 Å². The smallest absolute Gasteiger partial charge is 0.326 e. The van der Waals surface area contributed by atoms with Crippen LogP contribution in [0.5, 0.6) is 0 Å². The average Bonchev–Trinajstić information content (AvgIpc) is 2.40. The molecule has 7 heteroatoms. The maximum Gasteiger partial charge on any atom is 0.326 e. The predicted octanol–water partition coefficient (Wildman–Crippen LogP) is 0.503. The zero-order chi connectivity index (χ0) is 15.0. The van der Waals surface area contributed by atoms with Crippen LogP contribution in [0.1, 0.15) is 12.0 Å². The number of rotatable bonds is 7. The Labute approximate surface area is 115 Å². The minimum absolute atomic E-state index is 0.0733. The molecule has 0 saturated heterocycles. The number of aliphatic hydroxyl groups excluding tert-OH is 1. The molecule has 4 N–H and O–H groups in total. The van der Waals surface area contributed by atoms with Gasteiger partial charge >= 0.3 is 12.0 Å². The number of aliphatic hydroxyl groups is 1. The van der Waals surface area contributed by atoms with Gasteiger partial charge in [0.2, 0.25) is 0 Å². The first-order valence-corrected chi connectivity index (χ1v) is 6.16. The molecule has 0 radical (unpaired) electrons. The van der Waals surface area contributed by atoms with Crippen LogP contribution in [0.3, 0.4) is 0 Å². The second-order valence-electron chi connectivity index (χ2n) is 4.14. The number of hydrogen-bond acceptors (Lipinski definition) is 3. The Hall–Kier alpha value is -2.15. The first-order chi connectivity index (χ1) is 9.54. The normalized spacial score (nSPS) is 11.7. The number of carboxylic acid groups (broad SMARTS) is 1. The van der Waals surface area contributed by atoms with Crippen molar-refractivity contribution in [2.45, 2.75) is 18.9 Å². The minimum Gasteiger partial charge on any atom is -0.480 e. The van der Waals surface area contributed by atoms with Crippen LogP contribution in [0.25, 0.3) is 0 Å². The lowest BCUT2D eigenvalue weighted by atomic mass is 10.1. The molecular formula is C13H17FN2O4. The molecule has 1 aromatic rings. The van der Waals surface area contributed by atoms with Gasteiger partial charge in [0.15, 0.2) is 0 Å². The number of aliphatic carboxylic acids is 1. The molecule has 0 aliphatic rings. The van der Waals surface area contributed by atoms with Gasteiger partial charge in [-0.25, -0.2) is 14.0 Å². The molecule has 0 fully saturated rings. The summed E-state index contributed by atoms with van der Waals surface area (Å²) in [6, 6.07) is 4.40. The third-order valence-electron chi connectivity index (χ3n) is 2.66. The van der Waals surface area contributed by atoms with Crippen LogP contribution in [0.15, 0.2) is 24.3 Å². The molecule has 0 bridgehead atoms. The lowest BCUT2D eigenvalue weighted by Crippen LogP contribution is -2.46. The third kappa shape index (κ3) is 5.23. The van der Waals surface area contributed by atoms with Gasteiger partial charge in [0.25, 0.3) is 0 Å². The summed E-state index contributed by atoms with van der Waals surface area (Å²) in [5, 5.41) is 22.1. The maximum absolute atomic E-state index is 13.3. The fraction of sp³-hybridized carbons (Fsp3) is 0.385. The summed E-state index contributed by atoms with van der Waals surface area (Å²) in [7, 11) is 0. The molecule has 110 valence electrons. The predicted molar refractivity (Wildman–Crippen MR) is 69.8 cm³/mol. The van der Waals surface area contributed by atoms with Gasteiger partial charge in [-0.1, -0.05) is 18.2 Å². The number of carbonyl (C=O) groups excluding carboxylic acids is 1. The molecule has 0 heterocycles. The summed E-state index contributed by atoms with van der Waals surface area (Å²) in [5.41, 5.74) is 0.470. The number of amides is 2. The van der Waals surface area contributed by atoms with Crippen LogP contribution < -0.4 is 10.6 Å². The number of carbonyl (C=O) groups is 2. The molecule has 0 aliphatic heterocycles. The molecule has 1 rings (SSSR count). The highest BCUT2D eigenvalue weighted by Crippen LogP contribution is 2.06. The molecule has 0 saturated carbocycles. The fourth-order valence-corrected chi connectivity index (χ4v) is 1.61. The summed E-state index contributed by atoms with van der Waals surface area (Å²) in [4.78, 5) is 22.2. The Morgan fingerprint density at radius 2 is 2.00 bits per heavy atom. The molecule has 20 heavy (non-hydrogen) atoms. The van der Waals surface area contributed by atoms with E-state index in [1.165, 1.54) is 6.07 Å². The highest BCUT2D eigenvalue weighted by Gasteiger charge is 2.18. The van der Waals surface area contributed by atoms with Gasteiger partial charge in [-0.15, -0.1) is 0 Å². The summed E-state index contributed by atoms with van der Waals surface area (Å²) in [6.07, 6.45) is 0.230. The van der Waals surface area contributed by atoms with Gasteiger partial charge < -0.3 is 20.8 Å². The molecule has 1 aromatic carbocycles. The van der Waals surface area contributed by atoms with Crippen molar-refractivity contribution in [3.05, 3.63) is 35.6 Å². The standard InChI is InChI=1S/C13H17FN2O4/c14-10-4-2-1-3-9(10)5-7-15-13(20)16-11(6-8-17)12(18)19/h1-4,11,17H,5-8H2,(H,18,19)(H2,15,16,20)/t11-/m1/s1. The Bertz CT molecular complexity index is 467. The van der Waals surface area contributed by atoms with E-state index in [1.54, 1.807) is 18.2 Å². The van der Waals surface area contributed by atoms with Crippen molar-refractivity contribution < 1.29 is 24.2 Å². The number of halogens is 1. The molecule has 0 unspecified atom stereocenters. The largest absolute Gasteiger partial charge is 0.480 e. The van der Waals surface area contributed by atoms with Gasteiger partial charge in [0.1, 0.15) is 11.9 Å². The summed E-state index contributed by atoms with van der Waals surface area (Å²) in [5.74, 6) is -1.57. The third-order valence-corrected chi connectivity index (χ3v) is 2.66. The van der Waals surface area contributed by atoms with Crippen molar-refractivity contribution in [1.82, 2.24) is 10.6 Å². The molecular weight excluding hydrogens is 267 g/mol. The van der Waals surface area contributed by atoms with Crippen LogP contribution in [-0.4, -0.2) is 41.4 Å². The van der Waals surface area contributed by atoms with E-state index in [0.717, 1.165) is 0 Å². The number of nitrogens with one attached hydrogen (secondary N) is 2. The van der Waals surface area contributed by atoms with Crippen molar-refractivity contribution in [3.8, 4) is 0 Å². The number of hydrogen-bond donors (Lipinski definition) is 4. The Morgan fingerprint density at radius 3 is 2.60 bits per heavy atom. The zero-order valence-electron chi connectivity index (χ0n) is 10.8. The first-order valence-electron chi connectivity index (χ1n) is 6.16. The van der Waals surface area contributed by atoms with Crippen molar-refractivity contribution in [1.29, 1.82) is 0 Å². The number of carboxylic acids is 1. The monoisotopic (exact) mass is 284 g/mol. The van der Waals surface area contributed by atoms with Gasteiger partial charge in [0.05, 0.1) is 0 Å². The summed E-state index contributed by atoms with van der Waals surface area (Å²) < 4.78 is 13.3. The van der Waals surface area contributed by atoms with Crippen LogP contribution in [0.2, 0.25) is 0 Å². The molecule has 0 aliphatic carbocycles. The van der Waals surface area contributed by atoms with Crippen molar-refractivity contribution in [3.63, 3.8) is 0 Å². The van der Waals surface area contributed by atoms with Crippen LogP contribution in [0.4, 0.5) is 9.18 Å². The quantitative estimate of drug-likeness (QED) is 0.586. The first kappa shape index (κ1) is 15.9. The summed E-state index contributed by atoms with van der Waals surface area (Å²) >= 11 is 0. The second kappa shape index (κ2) is 8.11. The van der Waals surface area contributed by atoms with E-state index < -0.39 is 18.0 Å². The van der Waals surface area contributed by atoms with Gasteiger partial charge in [-0.3, -0.25) is 0 Å². The van der Waals surface area contributed by atoms with Crippen LogP contribution in [0, 0.1) is 5.82 Å². The van der Waals surface area contributed by atoms with E-state index >= 15 is 0 Å². The molecule has 1 atom stereocenters.